The fourth-order valence-electron chi connectivity index (χ4n) is 3.20. The molecule has 154 valence electrons. The van der Waals surface area contributed by atoms with Gasteiger partial charge in [0.05, 0.1) is 19.8 Å². The summed E-state index contributed by atoms with van der Waals surface area (Å²) >= 11 is 0. The van der Waals surface area contributed by atoms with Gasteiger partial charge >= 0.3 is 0 Å². The third kappa shape index (κ3) is 6.41. The van der Waals surface area contributed by atoms with Gasteiger partial charge in [0.15, 0.2) is 0 Å². The van der Waals surface area contributed by atoms with Crippen molar-refractivity contribution in [3.63, 3.8) is 0 Å². The second kappa shape index (κ2) is 10.2. The highest BCUT2D eigenvalue weighted by molar-refractivity contribution is 6.10. The Kier molecular flexibility index (Phi) is 7.38. The van der Waals surface area contributed by atoms with Crippen LogP contribution in [-0.4, -0.2) is 56.2 Å². The van der Waals surface area contributed by atoms with E-state index in [1.165, 1.54) is 0 Å². The van der Waals surface area contributed by atoms with Gasteiger partial charge in [0.1, 0.15) is 0 Å². The van der Waals surface area contributed by atoms with E-state index in [4.69, 9.17) is 4.74 Å². The highest BCUT2D eigenvalue weighted by Crippen LogP contribution is 2.16. The number of nitrogens with zero attached hydrogens (tertiary/aromatic N) is 2. The van der Waals surface area contributed by atoms with Crippen LogP contribution >= 0.6 is 0 Å². The summed E-state index contributed by atoms with van der Waals surface area (Å²) in [6, 6.07) is 13.7. The molecule has 29 heavy (non-hydrogen) atoms. The highest BCUT2D eigenvalue weighted by Gasteiger charge is 2.12. The highest BCUT2D eigenvalue weighted by atomic mass is 16.5. The number of benzene rings is 2. The Morgan fingerprint density at radius 1 is 1.07 bits per heavy atom. The molecule has 0 spiro atoms. The molecule has 6 heteroatoms. The third-order valence-electron chi connectivity index (χ3n) is 4.95. The number of hydrogen-bond donors (Lipinski definition) is 2. The summed E-state index contributed by atoms with van der Waals surface area (Å²) in [4.78, 5) is 19.7. The van der Waals surface area contributed by atoms with E-state index in [-0.39, 0.29) is 5.91 Å². The van der Waals surface area contributed by atoms with E-state index < -0.39 is 0 Å². The third-order valence-corrected chi connectivity index (χ3v) is 4.95. The quantitative estimate of drug-likeness (QED) is 0.604. The molecule has 2 aromatic carbocycles. The van der Waals surface area contributed by atoms with Crippen molar-refractivity contribution in [3.8, 4) is 0 Å². The first-order valence-corrected chi connectivity index (χ1v) is 10.1. The van der Waals surface area contributed by atoms with Gasteiger partial charge in [-0.1, -0.05) is 29.8 Å². The minimum absolute atomic E-state index is 0.170. The van der Waals surface area contributed by atoms with Gasteiger partial charge in [-0.2, -0.15) is 0 Å². The number of nitrogens with one attached hydrogen (secondary N) is 2. The average Bonchev–Trinajstić information content (AvgIpc) is 2.71. The van der Waals surface area contributed by atoms with Gasteiger partial charge in [-0.05, 0) is 50.1 Å². The predicted octanol–water partition coefficient (Wildman–Crippen LogP) is 3.14. The number of aryl methyl sites for hydroxylation is 3. The first-order chi connectivity index (χ1) is 14.0. The lowest BCUT2D eigenvalue weighted by Crippen LogP contribution is -2.39. The second-order valence-electron chi connectivity index (χ2n) is 7.45. The number of morpholine rings is 1. The molecule has 0 unspecified atom stereocenters. The topological polar surface area (TPSA) is 66.0 Å². The molecule has 2 N–H and O–H groups in total. The average molecular weight is 395 g/mol. The Bertz CT molecular complexity index is 873. The van der Waals surface area contributed by atoms with E-state index in [0.29, 0.717) is 18.1 Å². The minimum atomic E-state index is -0.170. The maximum atomic E-state index is 12.8. The van der Waals surface area contributed by atoms with Crippen molar-refractivity contribution in [2.45, 2.75) is 20.8 Å². The number of guanidine groups is 1. The van der Waals surface area contributed by atoms with E-state index in [2.05, 4.69) is 38.7 Å². The van der Waals surface area contributed by atoms with Gasteiger partial charge in [-0.15, -0.1) is 0 Å². The van der Waals surface area contributed by atoms with Gasteiger partial charge in [-0.3, -0.25) is 20.0 Å². The van der Waals surface area contributed by atoms with E-state index in [1.807, 2.05) is 45.0 Å². The van der Waals surface area contributed by atoms with Gasteiger partial charge in [0.25, 0.3) is 5.91 Å². The van der Waals surface area contributed by atoms with Crippen LogP contribution in [0.2, 0.25) is 0 Å². The van der Waals surface area contributed by atoms with E-state index in [1.54, 1.807) is 0 Å². The number of aliphatic imine (C=N–C) groups is 1. The standard InChI is InChI=1S/C23H30N4O2/c1-17-5-4-6-20(15-17)22(28)26-23(24-9-10-27-11-13-29-14-12-27)25-21-16-18(2)7-8-19(21)3/h4-8,15-16H,9-14H2,1-3H3,(H2,24,25,26,28). The van der Waals surface area contributed by atoms with Crippen molar-refractivity contribution >= 4 is 17.6 Å². The summed E-state index contributed by atoms with van der Waals surface area (Å²) < 4.78 is 5.39. The molecule has 1 fully saturated rings. The van der Waals surface area contributed by atoms with Crippen LogP contribution in [0.1, 0.15) is 27.0 Å². The molecule has 6 nitrogen and oxygen atoms in total. The molecule has 1 aliphatic heterocycles. The molecule has 1 aliphatic rings. The SMILES string of the molecule is Cc1cccc(C(=O)NC(=NCCN2CCOCC2)Nc2cc(C)ccc2C)c1. The number of carbonyl (C=O) groups excluding carboxylic acids is 1. The zero-order valence-electron chi connectivity index (χ0n) is 17.5. The summed E-state index contributed by atoms with van der Waals surface area (Å²) in [6.07, 6.45) is 0. The Morgan fingerprint density at radius 3 is 2.59 bits per heavy atom. The van der Waals surface area contributed by atoms with Crippen LogP contribution in [0.25, 0.3) is 0 Å². The lowest BCUT2D eigenvalue weighted by molar-refractivity contribution is 0.0394. The zero-order valence-corrected chi connectivity index (χ0v) is 17.5. The summed E-state index contributed by atoms with van der Waals surface area (Å²) in [6.45, 7) is 10.9. The van der Waals surface area contributed by atoms with E-state index in [0.717, 1.165) is 55.2 Å². The molecule has 3 rings (SSSR count). The molecular formula is C23H30N4O2. The summed E-state index contributed by atoms with van der Waals surface area (Å²) in [5, 5.41) is 6.27. The zero-order chi connectivity index (χ0) is 20.6. The Morgan fingerprint density at radius 2 is 1.83 bits per heavy atom. The van der Waals surface area contributed by atoms with Crippen molar-refractivity contribution in [3.05, 3.63) is 64.7 Å². The normalized spacial score (nSPS) is 15.2. The lowest BCUT2D eigenvalue weighted by Gasteiger charge is -2.25. The number of rotatable bonds is 5. The molecule has 1 saturated heterocycles. The van der Waals surface area contributed by atoms with Crippen LogP contribution in [0, 0.1) is 20.8 Å². The summed E-state index contributed by atoms with van der Waals surface area (Å²) in [7, 11) is 0. The number of carbonyl (C=O) groups is 1. The monoisotopic (exact) mass is 394 g/mol. The fraction of sp³-hybridized carbons (Fsp3) is 0.391. The minimum Gasteiger partial charge on any atom is -0.379 e. The van der Waals surface area contributed by atoms with Crippen LogP contribution < -0.4 is 10.6 Å². The predicted molar refractivity (Wildman–Crippen MR) is 118 cm³/mol. The van der Waals surface area contributed by atoms with Crippen molar-refractivity contribution in [2.24, 2.45) is 4.99 Å². The van der Waals surface area contributed by atoms with Crippen LogP contribution in [0.15, 0.2) is 47.5 Å². The second-order valence-corrected chi connectivity index (χ2v) is 7.45. The summed E-state index contributed by atoms with van der Waals surface area (Å²) in [5.74, 6) is 0.301. The maximum Gasteiger partial charge on any atom is 0.257 e. The molecule has 1 amide bonds. The Hall–Kier alpha value is -2.70. The number of amides is 1. The van der Waals surface area contributed by atoms with Crippen molar-refractivity contribution in [1.82, 2.24) is 10.2 Å². The van der Waals surface area contributed by atoms with Crippen molar-refractivity contribution < 1.29 is 9.53 Å². The van der Waals surface area contributed by atoms with Crippen molar-refractivity contribution in [2.75, 3.05) is 44.7 Å². The van der Waals surface area contributed by atoms with Gasteiger partial charge in [0, 0.05) is 30.9 Å². The molecule has 2 aromatic rings. The fourth-order valence-corrected chi connectivity index (χ4v) is 3.20. The van der Waals surface area contributed by atoms with Gasteiger partial charge < -0.3 is 10.1 Å². The summed E-state index contributed by atoms with van der Waals surface area (Å²) in [5.41, 5.74) is 4.86. The molecule has 0 aliphatic carbocycles. The van der Waals surface area contributed by atoms with Gasteiger partial charge in [0.2, 0.25) is 5.96 Å². The van der Waals surface area contributed by atoms with Crippen LogP contribution in [0.5, 0.6) is 0 Å². The first-order valence-electron chi connectivity index (χ1n) is 10.1. The van der Waals surface area contributed by atoms with E-state index >= 15 is 0 Å². The van der Waals surface area contributed by atoms with E-state index in [9.17, 15) is 4.79 Å². The molecule has 0 aromatic heterocycles. The number of ether oxygens (including phenoxy) is 1. The molecule has 0 bridgehead atoms. The molecule has 0 radical (unpaired) electrons. The smallest absolute Gasteiger partial charge is 0.257 e. The number of anilines is 1. The van der Waals surface area contributed by atoms with Crippen LogP contribution in [-0.2, 0) is 4.74 Å². The Labute approximate surface area is 173 Å². The first kappa shape index (κ1) is 21.0. The van der Waals surface area contributed by atoms with Crippen molar-refractivity contribution in [1.29, 1.82) is 0 Å². The molecule has 1 heterocycles. The Balaban J connectivity index is 1.73. The van der Waals surface area contributed by atoms with Crippen LogP contribution in [0.4, 0.5) is 5.69 Å². The van der Waals surface area contributed by atoms with Gasteiger partial charge in [-0.25, -0.2) is 0 Å². The molecule has 0 atom stereocenters. The molecular weight excluding hydrogens is 364 g/mol. The maximum absolute atomic E-state index is 12.8. The largest absolute Gasteiger partial charge is 0.379 e. The molecule has 0 saturated carbocycles. The lowest BCUT2D eigenvalue weighted by atomic mass is 10.1. The van der Waals surface area contributed by atoms with Crippen LogP contribution in [0.3, 0.4) is 0 Å². The number of hydrogen-bond acceptors (Lipinski definition) is 4.